The van der Waals surface area contributed by atoms with Gasteiger partial charge in [-0.25, -0.2) is 4.90 Å². The number of imide groups is 1. The molecule has 6 heteroatoms. The van der Waals surface area contributed by atoms with Crippen molar-refractivity contribution in [2.45, 2.75) is 51.5 Å². The van der Waals surface area contributed by atoms with Gasteiger partial charge in [-0.1, -0.05) is 37.3 Å². The fourth-order valence-electron chi connectivity index (χ4n) is 4.91. The summed E-state index contributed by atoms with van der Waals surface area (Å²) in [5, 5.41) is 3.32. The Morgan fingerprint density at radius 1 is 1.00 bits per heavy atom. The third kappa shape index (κ3) is 6.45. The predicted molar refractivity (Wildman–Crippen MR) is 135 cm³/mol. The number of hydrogen-bond acceptors (Lipinski definition) is 5. The Kier molecular flexibility index (Phi) is 8.72. The van der Waals surface area contributed by atoms with E-state index in [0.717, 1.165) is 50.7 Å². The van der Waals surface area contributed by atoms with E-state index in [1.807, 2.05) is 12.1 Å². The van der Waals surface area contributed by atoms with Crippen LogP contribution in [0, 0.1) is 5.92 Å². The Morgan fingerprint density at radius 2 is 1.74 bits per heavy atom. The van der Waals surface area contributed by atoms with Gasteiger partial charge >= 0.3 is 0 Å². The number of rotatable bonds is 11. The monoisotopic (exact) mass is 463 g/mol. The summed E-state index contributed by atoms with van der Waals surface area (Å²) in [5.74, 6) is 1.22. The first-order chi connectivity index (χ1) is 16.6. The maximum atomic E-state index is 12.9. The van der Waals surface area contributed by atoms with Crippen LogP contribution in [0.3, 0.4) is 0 Å². The van der Waals surface area contributed by atoms with Crippen molar-refractivity contribution >= 4 is 17.5 Å². The first-order valence-electron chi connectivity index (χ1n) is 12.7. The summed E-state index contributed by atoms with van der Waals surface area (Å²) in [6.45, 7) is 6.76. The molecule has 2 aromatic carbocycles. The molecule has 0 saturated carbocycles. The van der Waals surface area contributed by atoms with Crippen LogP contribution in [-0.2, 0) is 16.0 Å². The highest BCUT2D eigenvalue weighted by Crippen LogP contribution is 2.25. The molecule has 0 bridgehead atoms. The van der Waals surface area contributed by atoms with Crippen molar-refractivity contribution in [1.29, 1.82) is 0 Å². The molecule has 2 heterocycles. The van der Waals surface area contributed by atoms with E-state index in [0.29, 0.717) is 12.3 Å². The lowest BCUT2D eigenvalue weighted by Crippen LogP contribution is -2.40. The molecule has 2 aromatic rings. The minimum atomic E-state index is -0.430. The van der Waals surface area contributed by atoms with Crippen molar-refractivity contribution in [1.82, 2.24) is 10.2 Å². The first kappa shape index (κ1) is 24.4. The van der Waals surface area contributed by atoms with Crippen LogP contribution in [-0.4, -0.2) is 55.5 Å². The van der Waals surface area contributed by atoms with Crippen LogP contribution in [0.5, 0.6) is 5.75 Å². The van der Waals surface area contributed by atoms with Crippen molar-refractivity contribution in [3.8, 4) is 5.75 Å². The Labute approximate surface area is 203 Å². The van der Waals surface area contributed by atoms with Gasteiger partial charge in [0.1, 0.15) is 5.75 Å². The van der Waals surface area contributed by atoms with Gasteiger partial charge in [-0.2, -0.15) is 0 Å². The van der Waals surface area contributed by atoms with Crippen molar-refractivity contribution in [3.05, 3.63) is 60.2 Å². The molecule has 0 aromatic heterocycles. The van der Waals surface area contributed by atoms with E-state index in [1.54, 1.807) is 12.1 Å². The lowest BCUT2D eigenvalue weighted by atomic mass is 9.90. The number of hydrogen-bond donors (Lipinski definition) is 1. The summed E-state index contributed by atoms with van der Waals surface area (Å²) in [6, 6.07) is 17.5. The third-order valence-electron chi connectivity index (χ3n) is 6.83. The molecule has 0 spiro atoms. The highest BCUT2D eigenvalue weighted by molar-refractivity contribution is 6.22. The van der Waals surface area contributed by atoms with E-state index in [1.165, 1.54) is 29.7 Å². The average molecular weight is 464 g/mol. The maximum absolute atomic E-state index is 12.9. The van der Waals surface area contributed by atoms with Gasteiger partial charge in [0.05, 0.1) is 24.8 Å². The van der Waals surface area contributed by atoms with Crippen LogP contribution in [0.1, 0.15) is 44.6 Å². The molecule has 6 nitrogen and oxygen atoms in total. The largest absolute Gasteiger partial charge is 0.494 e. The molecule has 1 unspecified atom stereocenters. The molecule has 4 rings (SSSR count). The molecular formula is C28H37N3O3. The van der Waals surface area contributed by atoms with Crippen molar-refractivity contribution in [3.63, 3.8) is 0 Å². The molecule has 34 heavy (non-hydrogen) atoms. The van der Waals surface area contributed by atoms with Gasteiger partial charge in [-0.05, 0) is 94.0 Å². The van der Waals surface area contributed by atoms with Crippen LogP contribution in [0.2, 0.25) is 0 Å². The van der Waals surface area contributed by atoms with Crippen molar-refractivity contribution in [2.75, 3.05) is 37.7 Å². The van der Waals surface area contributed by atoms with Gasteiger partial charge in [0.25, 0.3) is 5.91 Å². The number of carbonyl (C=O) groups is 2. The molecule has 0 radical (unpaired) electrons. The summed E-state index contributed by atoms with van der Waals surface area (Å²) in [4.78, 5) is 29.2. The lowest BCUT2D eigenvalue weighted by Gasteiger charge is -2.32. The molecule has 182 valence electrons. The van der Waals surface area contributed by atoms with Crippen LogP contribution in [0.25, 0.3) is 0 Å². The smallest absolute Gasteiger partial charge is 0.251 e. The van der Waals surface area contributed by atoms with Gasteiger partial charge in [-0.3, -0.25) is 9.59 Å². The van der Waals surface area contributed by atoms with E-state index in [-0.39, 0.29) is 18.2 Å². The fraction of sp³-hybridized carbons (Fsp3) is 0.500. The van der Waals surface area contributed by atoms with E-state index in [9.17, 15) is 9.59 Å². The number of amides is 2. The van der Waals surface area contributed by atoms with Crippen LogP contribution >= 0.6 is 0 Å². The molecule has 1 N–H and O–H groups in total. The number of anilines is 1. The Bertz CT molecular complexity index is 924. The van der Waals surface area contributed by atoms with E-state index >= 15 is 0 Å². The normalized spacial score (nSPS) is 19.7. The van der Waals surface area contributed by atoms with Crippen molar-refractivity contribution < 1.29 is 14.3 Å². The number of ether oxygens (including phenoxy) is 1. The zero-order chi connectivity index (χ0) is 23.8. The van der Waals surface area contributed by atoms with E-state index in [2.05, 4.69) is 47.5 Å². The molecule has 2 fully saturated rings. The second-order valence-corrected chi connectivity index (χ2v) is 9.45. The third-order valence-corrected chi connectivity index (χ3v) is 6.83. The SMILES string of the molecule is CCCOc1ccc(N2C(=O)CC(NCCCN3CCC(Cc4ccccc4)CC3)C2=O)cc1. The standard InChI is InChI=1S/C28H37N3O3/c1-2-19-34-25-11-9-24(10-12-25)31-27(32)21-26(28(31)33)29-15-6-16-30-17-13-23(14-18-30)20-22-7-4-3-5-8-22/h3-5,7-12,23,26,29H,2,6,13-21H2,1H3. The Hall–Kier alpha value is -2.70. The summed E-state index contributed by atoms with van der Waals surface area (Å²) in [6.07, 6.45) is 5.80. The number of piperidine rings is 1. The number of nitrogens with one attached hydrogen (secondary N) is 1. The molecule has 2 aliphatic heterocycles. The Balaban J connectivity index is 1.16. The van der Waals surface area contributed by atoms with Gasteiger partial charge in [0.15, 0.2) is 0 Å². The van der Waals surface area contributed by atoms with Crippen molar-refractivity contribution in [2.24, 2.45) is 5.92 Å². The minimum absolute atomic E-state index is 0.148. The van der Waals surface area contributed by atoms with E-state index in [4.69, 9.17) is 4.74 Å². The van der Waals surface area contributed by atoms with E-state index < -0.39 is 6.04 Å². The summed E-state index contributed by atoms with van der Waals surface area (Å²) in [7, 11) is 0. The highest BCUT2D eigenvalue weighted by Gasteiger charge is 2.39. The average Bonchev–Trinajstić information content (AvgIpc) is 3.15. The second kappa shape index (κ2) is 12.1. The summed E-state index contributed by atoms with van der Waals surface area (Å²) in [5.41, 5.74) is 2.05. The molecule has 2 aliphatic rings. The molecular weight excluding hydrogens is 426 g/mol. The predicted octanol–water partition coefficient (Wildman–Crippen LogP) is 4.04. The zero-order valence-electron chi connectivity index (χ0n) is 20.2. The number of likely N-dealkylation sites (tertiary alicyclic amines) is 1. The first-order valence-corrected chi connectivity index (χ1v) is 12.7. The number of carbonyl (C=O) groups excluding carboxylic acids is 2. The van der Waals surface area contributed by atoms with Gasteiger partial charge in [0, 0.05) is 0 Å². The second-order valence-electron chi connectivity index (χ2n) is 9.45. The maximum Gasteiger partial charge on any atom is 0.251 e. The highest BCUT2D eigenvalue weighted by atomic mass is 16.5. The lowest BCUT2D eigenvalue weighted by molar-refractivity contribution is -0.121. The zero-order valence-corrected chi connectivity index (χ0v) is 20.2. The van der Waals surface area contributed by atoms with Gasteiger partial charge < -0.3 is 15.0 Å². The van der Waals surface area contributed by atoms with Crippen LogP contribution in [0.15, 0.2) is 54.6 Å². The Morgan fingerprint density at radius 3 is 2.44 bits per heavy atom. The summed E-state index contributed by atoms with van der Waals surface area (Å²) < 4.78 is 5.59. The molecule has 2 saturated heterocycles. The summed E-state index contributed by atoms with van der Waals surface area (Å²) >= 11 is 0. The van der Waals surface area contributed by atoms with Gasteiger partial charge in [-0.15, -0.1) is 0 Å². The molecule has 2 amide bonds. The molecule has 1 atom stereocenters. The van der Waals surface area contributed by atoms with Crippen LogP contribution in [0.4, 0.5) is 5.69 Å². The topological polar surface area (TPSA) is 61.9 Å². The van der Waals surface area contributed by atoms with Gasteiger partial charge in [0.2, 0.25) is 5.91 Å². The number of benzene rings is 2. The number of nitrogens with zero attached hydrogens (tertiary/aromatic N) is 2. The fourth-order valence-corrected chi connectivity index (χ4v) is 4.91. The quantitative estimate of drug-likeness (QED) is 0.403. The van der Waals surface area contributed by atoms with Crippen LogP contribution < -0.4 is 15.0 Å². The molecule has 0 aliphatic carbocycles. The minimum Gasteiger partial charge on any atom is -0.494 e.